The van der Waals surface area contributed by atoms with Gasteiger partial charge in [-0.3, -0.25) is 0 Å². The first-order chi connectivity index (χ1) is 10.7. The first-order valence-corrected chi connectivity index (χ1v) is 7.46. The van der Waals surface area contributed by atoms with Crippen LogP contribution in [0.5, 0.6) is 0 Å². The summed E-state index contributed by atoms with van der Waals surface area (Å²) in [7, 11) is 0. The van der Waals surface area contributed by atoms with E-state index in [0.29, 0.717) is 28.2 Å². The second-order valence-electron chi connectivity index (χ2n) is 4.67. The first-order valence-electron chi connectivity index (χ1n) is 6.71. The van der Waals surface area contributed by atoms with E-state index >= 15 is 0 Å². The van der Waals surface area contributed by atoms with E-state index in [9.17, 15) is 0 Å². The highest BCUT2D eigenvalue weighted by Crippen LogP contribution is 2.19. The second-order valence-corrected chi connectivity index (χ2v) is 5.49. The van der Waals surface area contributed by atoms with Crippen molar-refractivity contribution in [3.8, 4) is 0 Å². The Kier molecular flexibility index (Phi) is 4.56. The third kappa shape index (κ3) is 3.56. The van der Waals surface area contributed by atoms with Gasteiger partial charge in [-0.1, -0.05) is 64.8 Å². The highest BCUT2D eigenvalue weighted by Gasteiger charge is 2.07. The third-order valence-corrected chi connectivity index (χ3v) is 3.81. The molecule has 0 saturated heterocycles. The number of halogens is 2. The van der Waals surface area contributed by atoms with Gasteiger partial charge in [0, 0.05) is 22.5 Å². The number of rotatable bonds is 4. The van der Waals surface area contributed by atoms with Crippen LogP contribution in [0.3, 0.4) is 0 Å². The zero-order valence-electron chi connectivity index (χ0n) is 11.5. The Morgan fingerprint density at radius 2 is 1.64 bits per heavy atom. The Morgan fingerprint density at radius 1 is 0.909 bits per heavy atom. The van der Waals surface area contributed by atoms with Gasteiger partial charge < -0.3 is 4.52 Å². The van der Waals surface area contributed by atoms with Crippen LogP contribution in [0.4, 0.5) is 0 Å². The molecular formula is C17H12Cl2N2O. The van der Waals surface area contributed by atoms with E-state index in [1.165, 1.54) is 0 Å². The molecule has 1 heterocycles. The first kappa shape index (κ1) is 14.8. The SMILES string of the molecule is Clc1ccccc1/C=C/c1nc(Cc2ccccc2Cl)no1. The average Bonchev–Trinajstić information content (AvgIpc) is 2.96. The van der Waals surface area contributed by atoms with Gasteiger partial charge in [0.15, 0.2) is 5.82 Å². The van der Waals surface area contributed by atoms with Crippen molar-refractivity contribution in [2.45, 2.75) is 6.42 Å². The molecule has 0 unspecified atom stereocenters. The molecule has 1 aromatic heterocycles. The zero-order valence-corrected chi connectivity index (χ0v) is 13.1. The van der Waals surface area contributed by atoms with E-state index < -0.39 is 0 Å². The molecule has 0 saturated carbocycles. The van der Waals surface area contributed by atoms with Crippen molar-refractivity contribution in [1.29, 1.82) is 0 Å². The van der Waals surface area contributed by atoms with Gasteiger partial charge in [0.2, 0.25) is 0 Å². The zero-order chi connectivity index (χ0) is 15.4. The van der Waals surface area contributed by atoms with Crippen LogP contribution in [0, 0.1) is 0 Å². The van der Waals surface area contributed by atoms with E-state index in [0.717, 1.165) is 11.1 Å². The van der Waals surface area contributed by atoms with Crippen molar-refractivity contribution in [3.63, 3.8) is 0 Å². The molecule has 0 spiro atoms. The largest absolute Gasteiger partial charge is 0.335 e. The maximum atomic E-state index is 6.12. The topological polar surface area (TPSA) is 38.9 Å². The van der Waals surface area contributed by atoms with Crippen molar-refractivity contribution in [2.75, 3.05) is 0 Å². The lowest BCUT2D eigenvalue weighted by Gasteiger charge is -1.98. The maximum absolute atomic E-state index is 6.12. The van der Waals surface area contributed by atoms with Crippen molar-refractivity contribution in [3.05, 3.63) is 81.4 Å². The number of hydrogen-bond donors (Lipinski definition) is 0. The van der Waals surface area contributed by atoms with Gasteiger partial charge in [0.1, 0.15) is 0 Å². The molecule has 0 amide bonds. The van der Waals surface area contributed by atoms with Gasteiger partial charge >= 0.3 is 0 Å². The summed E-state index contributed by atoms with van der Waals surface area (Å²) in [5.41, 5.74) is 1.86. The third-order valence-electron chi connectivity index (χ3n) is 3.10. The van der Waals surface area contributed by atoms with E-state index in [-0.39, 0.29) is 0 Å². The van der Waals surface area contributed by atoms with Gasteiger partial charge in [-0.15, -0.1) is 0 Å². The number of hydrogen-bond acceptors (Lipinski definition) is 3. The summed E-state index contributed by atoms with van der Waals surface area (Å²) >= 11 is 12.2. The molecule has 5 heteroatoms. The summed E-state index contributed by atoms with van der Waals surface area (Å²) in [6.07, 6.45) is 4.11. The molecule has 3 aromatic rings. The predicted octanol–water partition coefficient (Wildman–Crippen LogP) is 5.14. The standard InChI is InChI=1S/C17H12Cl2N2O/c18-14-7-3-1-5-12(14)9-10-17-20-16(21-22-17)11-13-6-2-4-8-15(13)19/h1-10H,11H2/b10-9+. The summed E-state index contributed by atoms with van der Waals surface area (Å²) in [5.74, 6) is 1.02. The molecule has 0 N–H and O–H groups in total. The Balaban J connectivity index is 1.74. The van der Waals surface area contributed by atoms with E-state index in [2.05, 4.69) is 10.1 Å². The Labute approximate surface area is 138 Å². The van der Waals surface area contributed by atoms with Crippen molar-refractivity contribution >= 4 is 35.4 Å². The number of nitrogens with zero attached hydrogens (tertiary/aromatic N) is 2. The molecule has 0 fully saturated rings. The molecular weight excluding hydrogens is 319 g/mol. The lowest BCUT2D eigenvalue weighted by molar-refractivity contribution is 0.404. The fourth-order valence-corrected chi connectivity index (χ4v) is 2.39. The van der Waals surface area contributed by atoms with Crippen LogP contribution in [-0.2, 0) is 6.42 Å². The molecule has 110 valence electrons. The molecule has 3 rings (SSSR count). The molecule has 0 aliphatic rings. The Bertz CT molecular complexity index is 812. The van der Waals surface area contributed by atoms with Crippen LogP contribution >= 0.6 is 23.2 Å². The fourth-order valence-electron chi connectivity index (χ4n) is 1.99. The van der Waals surface area contributed by atoms with E-state index in [1.54, 1.807) is 6.08 Å². The van der Waals surface area contributed by atoms with Crippen molar-refractivity contribution in [2.24, 2.45) is 0 Å². The minimum Gasteiger partial charge on any atom is -0.335 e. The molecule has 0 aliphatic carbocycles. The highest BCUT2D eigenvalue weighted by molar-refractivity contribution is 6.32. The molecule has 0 radical (unpaired) electrons. The minimum absolute atomic E-state index is 0.432. The Morgan fingerprint density at radius 3 is 2.41 bits per heavy atom. The molecule has 3 nitrogen and oxygen atoms in total. The van der Waals surface area contributed by atoms with Gasteiger partial charge in [0.05, 0.1) is 0 Å². The monoisotopic (exact) mass is 330 g/mol. The van der Waals surface area contributed by atoms with Crippen LogP contribution in [0.1, 0.15) is 22.8 Å². The predicted molar refractivity (Wildman–Crippen MR) is 88.9 cm³/mol. The second kappa shape index (κ2) is 6.77. The average molecular weight is 331 g/mol. The van der Waals surface area contributed by atoms with Crippen LogP contribution < -0.4 is 0 Å². The van der Waals surface area contributed by atoms with Gasteiger partial charge in [0.25, 0.3) is 5.89 Å². The van der Waals surface area contributed by atoms with Gasteiger partial charge in [-0.25, -0.2) is 0 Å². The number of benzene rings is 2. The van der Waals surface area contributed by atoms with Gasteiger partial charge in [-0.05, 0) is 29.3 Å². The minimum atomic E-state index is 0.432. The van der Waals surface area contributed by atoms with Gasteiger partial charge in [-0.2, -0.15) is 4.98 Å². The summed E-state index contributed by atoms with van der Waals surface area (Å²) < 4.78 is 5.20. The van der Waals surface area contributed by atoms with Crippen LogP contribution in [-0.4, -0.2) is 10.1 Å². The van der Waals surface area contributed by atoms with E-state index in [1.807, 2.05) is 54.6 Å². The normalized spacial score (nSPS) is 11.2. The van der Waals surface area contributed by atoms with Crippen LogP contribution in [0.15, 0.2) is 53.1 Å². The quantitative estimate of drug-likeness (QED) is 0.665. The van der Waals surface area contributed by atoms with Crippen molar-refractivity contribution < 1.29 is 4.52 Å². The van der Waals surface area contributed by atoms with Crippen LogP contribution in [0.25, 0.3) is 12.2 Å². The number of aromatic nitrogens is 2. The summed E-state index contributed by atoms with van der Waals surface area (Å²) in [5, 5.41) is 5.33. The molecule has 2 aromatic carbocycles. The van der Waals surface area contributed by atoms with Crippen molar-refractivity contribution in [1.82, 2.24) is 10.1 Å². The lowest BCUT2D eigenvalue weighted by atomic mass is 10.1. The maximum Gasteiger partial charge on any atom is 0.250 e. The highest BCUT2D eigenvalue weighted by atomic mass is 35.5. The molecule has 0 atom stereocenters. The lowest BCUT2D eigenvalue weighted by Crippen LogP contribution is -1.91. The van der Waals surface area contributed by atoms with Crippen LogP contribution in [0.2, 0.25) is 10.0 Å². The molecule has 0 aliphatic heterocycles. The smallest absolute Gasteiger partial charge is 0.250 e. The van der Waals surface area contributed by atoms with E-state index in [4.69, 9.17) is 27.7 Å². The summed E-state index contributed by atoms with van der Waals surface area (Å²) in [6.45, 7) is 0. The molecule has 0 bridgehead atoms. The fraction of sp³-hybridized carbons (Fsp3) is 0.0588. The summed E-state index contributed by atoms with van der Waals surface area (Å²) in [6, 6.07) is 15.2. The Hall–Kier alpha value is -2.10. The summed E-state index contributed by atoms with van der Waals surface area (Å²) in [4.78, 5) is 4.33. The molecule has 22 heavy (non-hydrogen) atoms.